The van der Waals surface area contributed by atoms with Crippen molar-refractivity contribution in [1.29, 1.82) is 0 Å². The molecule has 0 radical (unpaired) electrons. The first kappa shape index (κ1) is 7.15. The Balaban J connectivity index is 0.000001000. The van der Waals surface area contributed by atoms with Crippen LogP contribution in [-0.2, 0) is 0 Å². The highest BCUT2D eigenvalue weighted by molar-refractivity contribution is 7.97. The van der Waals surface area contributed by atoms with Gasteiger partial charge >= 0.3 is 0 Å². The highest BCUT2D eigenvalue weighted by Gasteiger charge is 2.01. The number of para-hydroxylation sites is 1. The summed E-state index contributed by atoms with van der Waals surface area (Å²) in [5, 5.41) is -0.293. The molecule has 0 spiro atoms. The Bertz CT molecular complexity index is 264. The molecule has 1 aromatic rings. The third-order valence-corrected chi connectivity index (χ3v) is 1.43. The molecule has 0 atom stereocenters. The zero-order valence-electron chi connectivity index (χ0n) is 5.24. The summed E-state index contributed by atoms with van der Waals surface area (Å²) in [7, 11) is 0. The molecule has 0 saturated heterocycles. The molecule has 1 aromatic carbocycles. The smallest absolute Gasteiger partial charge is 0.218 e. The molecule has 1 rings (SSSR count). The van der Waals surface area contributed by atoms with Gasteiger partial charge in [-0.2, -0.15) is 0 Å². The Hall–Kier alpha value is -0.960. The summed E-state index contributed by atoms with van der Waals surface area (Å²) < 4.78 is 0. The van der Waals surface area contributed by atoms with Gasteiger partial charge < -0.3 is 5.73 Å². The number of nitrogen functional groups attached to an aromatic ring is 1. The van der Waals surface area contributed by atoms with E-state index in [1.807, 2.05) is 0 Å². The second-order valence-electron chi connectivity index (χ2n) is 1.89. The van der Waals surface area contributed by atoms with Crippen LogP contribution in [0.5, 0.6) is 0 Å². The average Bonchev–Trinajstić information content (AvgIpc) is 1.88. The minimum absolute atomic E-state index is 0. The molecule has 0 aromatic heterocycles. The van der Waals surface area contributed by atoms with Gasteiger partial charge in [0.25, 0.3) is 0 Å². The van der Waals surface area contributed by atoms with E-state index >= 15 is 0 Å². The quantitative estimate of drug-likeness (QED) is 0.477. The van der Waals surface area contributed by atoms with Crippen LogP contribution in [0.2, 0.25) is 0 Å². The van der Waals surface area contributed by atoms with E-state index < -0.39 is 0 Å². The molecular weight excluding hydrogens is 146 g/mol. The standard InChI is InChI=1S/C7H7NOS.H2/c8-6-4-2-1-3-5(6)7(9)10;/h1-4H,8H2,(H,9,10);1H. The van der Waals surface area contributed by atoms with Crippen LogP contribution >= 0.6 is 12.6 Å². The highest BCUT2D eigenvalue weighted by atomic mass is 32.1. The SMILES string of the molecule is Nc1ccccc1C(=O)S.[HH]. The second-order valence-corrected chi connectivity index (χ2v) is 2.30. The molecule has 0 aliphatic rings. The normalized spacial score (nSPS) is 9.30. The molecule has 10 heavy (non-hydrogen) atoms. The third-order valence-electron chi connectivity index (χ3n) is 1.19. The number of carbonyl (C=O) groups excluding carboxylic acids is 1. The number of hydrogen-bond acceptors (Lipinski definition) is 2. The Morgan fingerprint density at radius 3 is 2.50 bits per heavy atom. The van der Waals surface area contributed by atoms with Gasteiger partial charge in [-0.1, -0.05) is 12.1 Å². The Labute approximate surface area is 65.9 Å². The molecule has 2 N–H and O–H groups in total. The van der Waals surface area contributed by atoms with E-state index in [9.17, 15) is 4.79 Å². The highest BCUT2D eigenvalue weighted by Crippen LogP contribution is 2.11. The number of hydrogen-bond donors (Lipinski definition) is 2. The van der Waals surface area contributed by atoms with Crippen LogP contribution in [0.4, 0.5) is 5.69 Å². The van der Waals surface area contributed by atoms with Crippen molar-refractivity contribution in [3.63, 3.8) is 0 Å². The second kappa shape index (κ2) is 2.75. The monoisotopic (exact) mass is 155 g/mol. The van der Waals surface area contributed by atoms with Gasteiger partial charge in [-0.15, -0.1) is 12.6 Å². The third kappa shape index (κ3) is 1.30. The van der Waals surface area contributed by atoms with Crippen molar-refractivity contribution in [1.82, 2.24) is 0 Å². The number of benzene rings is 1. The minimum atomic E-state index is -0.293. The van der Waals surface area contributed by atoms with Crippen LogP contribution in [0.15, 0.2) is 24.3 Å². The number of rotatable bonds is 1. The number of thiol groups is 1. The summed E-state index contributed by atoms with van der Waals surface area (Å²) >= 11 is 3.64. The lowest BCUT2D eigenvalue weighted by atomic mass is 10.2. The molecule has 0 unspecified atom stereocenters. The lowest BCUT2D eigenvalue weighted by Gasteiger charge is -1.97. The van der Waals surface area contributed by atoms with Crippen LogP contribution in [0.25, 0.3) is 0 Å². The molecule has 3 heteroatoms. The van der Waals surface area contributed by atoms with Gasteiger partial charge in [0.1, 0.15) is 0 Å². The number of carbonyl (C=O) groups is 1. The molecule has 0 saturated carbocycles. The average molecular weight is 155 g/mol. The van der Waals surface area contributed by atoms with Crippen molar-refractivity contribution >= 4 is 23.4 Å². The zero-order chi connectivity index (χ0) is 7.56. The van der Waals surface area contributed by atoms with Gasteiger partial charge in [0.2, 0.25) is 5.12 Å². The van der Waals surface area contributed by atoms with Crippen LogP contribution in [-0.4, -0.2) is 5.12 Å². The van der Waals surface area contributed by atoms with Crippen LogP contribution in [0.1, 0.15) is 11.8 Å². The van der Waals surface area contributed by atoms with Crippen molar-refractivity contribution in [2.75, 3.05) is 5.73 Å². The van der Waals surface area contributed by atoms with Crippen molar-refractivity contribution in [3.05, 3.63) is 29.8 Å². The molecule has 2 nitrogen and oxygen atoms in total. The van der Waals surface area contributed by atoms with Gasteiger partial charge in [-0.05, 0) is 12.1 Å². The summed E-state index contributed by atoms with van der Waals surface area (Å²) in [6, 6.07) is 6.84. The van der Waals surface area contributed by atoms with E-state index in [-0.39, 0.29) is 6.54 Å². The first-order chi connectivity index (χ1) is 4.72. The Kier molecular flexibility index (Phi) is 1.97. The van der Waals surface area contributed by atoms with Crippen molar-refractivity contribution in [3.8, 4) is 0 Å². The maximum Gasteiger partial charge on any atom is 0.218 e. The van der Waals surface area contributed by atoms with Crippen LogP contribution < -0.4 is 5.73 Å². The topological polar surface area (TPSA) is 43.1 Å². The largest absolute Gasteiger partial charge is 0.398 e. The zero-order valence-corrected chi connectivity index (χ0v) is 6.14. The molecular formula is C7H9NOS. The first-order valence-electron chi connectivity index (χ1n) is 2.79. The molecule has 0 bridgehead atoms. The van der Waals surface area contributed by atoms with E-state index in [1.54, 1.807) is 24.3 Å². The molecule has 0 aliphatic heterocycles. The van der Waals surface area contributed by atoms with E-state index in [0.717, 1.165) is 0 Å². The lowest BCUT2D eigenvalue weighted by Crippen LogP contribution is -1.95. The number of anilines is 1. The van der Waals surface area contributed by atoms with Gasteiger partial charge in [0.05, 0.1) is 5.56 Å². The minimum Gasteiger partial charge on any atom is -0.398 e. The molecule has 0 heterocycles. The van der Waals surface area contributed by atoms with E-state index in [2.05, 4.69) is 12.6 Å². The predicted octanol–water partition coefficient (Wildman–Crippen LogP) is 1.58. The molecule has 0 amide bonds. The van der Waals surface area contributed by atoms with Gasteiger partial charge in [0.15, 0.2) is 0 Å². The van der Waals surface area contributed by atoms with Gasteiger partial charge in [0, 0.05) is 7.11 Å². The fourth-order valence-corrected chi connectivity index (χ4v) is 0.895. The summed E-state index contributed by atoms with van der Waals surface area (Å²) in [6.07, 6.45) is 0. The molecule has 0 fully saturated rings. The fraction of sp³-hybridized carbons (Fsp3) is 0. The summed E-state index contributed by atoms with van der Waals surface area (Å²) in [5.74, 6) is 0. The maximum absolute atomic E-state index is 10.7. The van der Waals surface area contributed by atoms with Gasteiger partial charge in [-0.3, -0.25) is 4.79 Å². The number of nitrogens with two attached hydrogens (primary N) is 1. The lowest BCUT2D eigenvalue weighted by molar-refractivity contribution is 0.109. The van der Waals surface area contributed by atoms with E-state index in [0.29, 0.717) is 11.3 Å². The molecule has 0 aliphatic carbocycles. The van der Waals surface area contributed by atoms with Crippen molar-refractivity contribution in [2.24, 2.45) is 0 Å². The van der Waals surface area contributed by atoms with E-state index in [4.69, 9.17) is 5.73 Å². The first-order valence-corrected chi connectivity index (χ1v) is 3.24. The van der Waals surface area contributed by atoms with Gasteiger partial charge in [-0.25, -0.2) is 0 Å². The maximum atomic E-state index is 10.7. The fourth-order valence-electron chi connectivity index (χ4n) is 0.692. The Morgan fingerprint density at radius 2 is 2.10 bits per heavy atom. The summed E-state index contributed by atoms with van der Waals surface area (Å²) in [6.45, 7) is 0. The summed E-state index contributed by atoms with van der Waals surface area (Å²) in [5.41, 5.74) is 6.39. The molecule has 54 valence electrons. The van der Waals surface area contributed by atoms with Crippen LogP contribution in [0.3, 0.4) is 0 Å². The predicted molar refractivity (Wildman–Crippen MR) is 46.3 cm³/mol. The van der Waals surface area contributed by atoms with E-state index in [1.165, 1.54) is 0 Å². The van der Waals surface area contributed by atoms with Crippen LogP contribution in [0, 0.1) is 0 Å². The van der Waals surface area contributed by atoms with Crippen molar-refractivity contribution in [2.45, 2.75) is 0 Å². The summed E-state index contributed by atoms with van der Waals surface area (Å²) in [4.78, 5) is 10.7. The Morgan fingerprint density at radius 1 is 1.50 bits per heavy atom. The van der Waals surface area contributed by atoms with Crippen molar-refractivity contribution < 1.29 is 6.22 Å².